The highest BCUT2D eigenvalue weighted by molar-refractivity contribution is 7.62. The Morgan fingerprint density at radius 1 is 1.18 bits per heavy atom. The molecule has 34 heavy (non-hydrogen) atoms. The molecule has 0 aromatic heterocycles. The maximum absolute atomic E-state index is 13.9. The van der Waals surface area contributed by atoms with Crippen molar-refractivity contribution in [1.29, 1.82) is 0 Å². The number of amides is 1. The Hall–Kier alpha value is -2.05. The Kier molecular flexibility index (Phi) is 7.45. The van der Waals surface area contributed by atoms with Crippen LogP contribution in [0.25, 0.3) is 0 Å². The first-order valence-corrected chi connectivity index (χ1v) is 13.7. The van der Waals surface area contributed by atoms with Gasteiger partial charge in [-0.2, -0.15) is 4.76 Å². The fraction of sp³-hybridized carbons (Fsp3) is 0.680. The van der Waals surface area contributed by atoms with Crippen LogP contribution in [0.2, 0.25) is 0 Å². The van der Waals surface area contributed by atoms with Gasteiger partial charge in [0.25, 0.3) is 5.91 Å². The molecule has 0 spiro atoms. The fourth-order valence-electron chi connectivity index (χ4n) is 4.57. The average molecular weight is 494 g/mol. The number of hydrogen-bond acceptors (Lipinski definition) is 6. The fourth-order valence-corrected chi connectivity index (χ4v) is 6.49. The van der Waals surface area contributed by atoms with Crippen LogP contribution >= 0.6 is 7.52 Å². The molecule has 0 fully saturated rings. The molecule has 1 aliphatic carbocycles. The van der Waals surface area contributed by atoms with Gasteiger partial charge < -0.3 is 24.6 Å². The zero-order valence-corrected chi connectivity index (χ0v) is 22.7. The van der Waals surface area contributed by atoms with Gasteiger partial charge in [0.15, 0.2) is 5.84 Å². The van der Waals surface area contributed by atoms with Crippen LogP contribution in [0.15, 0.2) is 38.9 Å². The van der Waals surface area contributed by atoms with Crippen molar-refractivity contribution in [3.05, 3.63) is 34.2 Å². The topological polar surface area (TPSA) is 100 Å². The summed E-state index contributed by atoms with van der Waals surface area (Å²) in [6, 6.07) is -0.510. The summed E-state index contributed by atoms with van der Waals surface area (Å²) in [5, 5.41) is 15.1. The number of rotatable bonds is 7. The Balaban J connectivity index is 2.06. The van der Waals surface area contributed by atoms with E-state index in [-0.39, 0.29) is 35.1 Å². The smallest absolute Gasteiger partial charge is 0.344 e. The second-order valence-electron chi connectivity index (χ2n) is 11.3. The lowest BCUT2D eigenvalue weighted by atomic mass is 9.84. The van der Waals surface area contributed by atoms with Gasteiger partial charge in [-0.1, -0.05) is 41.5 Å². The van der Waals surface area contributed by atoms with Gasteiger partial charge >= 0.3 is 7.52 Å². The third-order valence-electron chi connectivity index (χ3n) is 6.15. The summed E-state index contributed by atoms with van der Waals surface area (Å²) < 4.78 is 29.7. The molecule has 0 bridgehead atoms. The number of nitrogens with zero attached hydrogens (tertiary/aromatic N) is 2. The zero-order valence-electron chi connectivity index (χ0n) is 21.8. The first-order chi connectivity index (χ1) is 15.7. The zero-order chi connectivity index (χ0) is 25.5. The molecule has 1 amide bonds. The predicted molar refractivity (Wildman–Crippen MR) is 134 cm³/mol. The normalized spacial score (nSPS) is 25.8. The Morgan fingerprint density at radius 3 is 2.41 bits per heavy atom. The Labute approximate surface area is 203 Å². The molecule has 2 unspecified atom stereocenters. The van der Waals surface area contributed by atoms with E-state index in [4.69, 9.17) is 9.26 Å². The van der Waals surface area contributed by atoms with Gasteiger partial charge in [0.05, 0.1) is 36.0 Å². The van der Waals surface area contributed by atoms with Crippen LogP contribution in [0.1, 0.15) is 74.7 Å². The third-order valence-corrected chi connectivity index (χ3v) is 8.36. The van der Waals surface area contributed by atoms with Gasteiger partial charge in [-0.05, 0) is 43.6 Å². The van der Waals surface area contributed by atoms with Crippen LogP contribution in [0.4, 0.5) is 0 Å². The molecule has 0 saturated carbocycles. The molecule has 0 aromatic rings. The van der Waals surface area contributed by atoms with E-state index in [1.165, 1.54) is 0 Å². The first-order valence-electron chi connectivity index (χ1n) is 12.1. The highest BCUT2D eigenvalue weighted by Crippen LogP contribution is 2.62. The van der Waals surface area contributed by atoms with Crippen LogP contribution in [0.3, 0.4) is 0 Å². The lowest BCUT2D eigenvalue weighted by molar-refractivity contribution is -0.128. The van der Waals surface area contributed by atoms with E-state index in [0.29, 0.717) is 37.0 Å². The minimum atomic E-state index is -3.59. The lowest BCUT2D eigenvalue weighted by Gasteiger charge is -2.36. The number of amidine groups is 1. The molecule has 2 N–H and O–H groups in total. The lowest BCUT2D eigenvalue weighted by Crippen LogP contribution is -2.45. The van der Waals surface area contributed by atoms with Crippen molar-refractivity contribution in [3.63, 3.8) is 0 Å². The largest absolute Gasteiger partial charge is 0.509 e. The molecule has 8 nitrogen and oxygen atoms in total. The highest BCUT2D eigenvalue weighted by Gasteiger charge is 2.49. The van der Waals surface area contributed by atoms with Gasteiger partial charge in [0, 0.05) is 13.0 Å². The van der Waals surface area contributed by atoms with E-state index in [9.17, 15) is 14.5 Å². The van der Waals surface area contributed by atoms with Crippen LogP contribution in [0.5, 0.6) is 0 Å². The van der Waals surface area contributed by atoms with Crippen molar-refractivity contribution in [2.75, 3.05) is 19.8 Å². The summed E-state index contributed by atoms with van der Waals surface area (Å²) in [5.41, 5.74) is 0.256. The van der Waals surface area contributed by atoms with Crippen LogP contribution in [0, 0.1) is 10.8 Å². The molecule has 3 rings (SSSR count). The maximum Gasteiger partial charge on any atom is 0.344 e. The predicted octanol–water partition coefficient (Wildman–Crippen LogP) is 5.65. The number of aliphatic hydroxyl groups is 1. The van der Waals surface area contributed by atoms with Gasteiger partial charge in [-0.15, -0.1) is 0 Å². The molecular formula is C25H40N3O5P. The van der Waals surface area contributed by atoms with Gasteiger partial charge in [0.2, 0.25) is 0 Å². The molecule has 9 heteroatoms. The molecule has 2 atom stereocenters. The summed E-state index contributed by atoms with van der Waals surface area (Å²) in [5.74, 6) is 0.507. The molecule has 3 aliphatic rings. The number of ether oxygens (including phenoxy) is 1. The minimum Gasteiger partial charge on any atom is -0.509 e. The molecular weight excluding hydrogens is 453 g/mol. The minimum absolute atomic E-state index is 0.0225. The number of hydrogen-bond donors (Lipinski definition) is 2. The Morgan fingerprint density at radius 2 is 1.85 bits per heavy atom. The number of allylic oxidation sites excluding steroid dienone is 3. The van der Waals surface area contributed by atoms with E-state index < -0.39 is 19.0 Å². The van der Waals surface area contributed by atoms with Crippen molar-refractivity contribution >= 4 is 19.3 Å². The summed E-state index contributed by atoms with van der Waals surface area (Å²) in [7, 11) is -3.59. The molecule has 0 aromatic carbocycles. The third kappa shape index (κ3) is 5.28. The molecule has 2 aliphatic heterocycles. The number of carbonyl (C=O) groups excluding carboxylic acids is 1. The van der Waals surface area contributed by atoms with E-state index in [0.717, 1.165) is 12.2 Å². The Bertz CT molecular complexity index is 1010. The van der Waals surface area contributed by atoms with E-state index in [2.05, 4.69) is 30.9 Å². The van der Waals surface area contributed by atoms with Crippen LogP contribution in [-0.4, -0.2) is 47.5 Å². The quantitative estimate of drug-likeness (QED) is 0.445. The molecule has 190 valence electrons. The second-order valence-corrected chi connectivity index (χ2v) is 13.3. The standard InChI is InChI=1S/C25H40N3O5P/c1-9-32-16-11-12-18-17(15-16)26-22(27-34(18,31)33-10-2)19-20(29)21(25(6,7)8)28(23(19)30)14-13-24(3,4)5/h15,21,29H,9-14H2,1-8H3,(H,26,27,31). The van der Waals surface area contributed by atoms with Crippen molar-refractivity contribution in [2.45, 2.75) is 80.7 Å². The van der Waals surface area contributed by atoms with E-state index in [1.54, 1.807) is 17.9 Å². The van der Waals surface area contributed by atoms with E-state index in [1.807, 2.05) is 27.7 Å². The summed E-state index contributed by atoms with van der Waals surface area (Å²) in [4.78, 5) is 15.4. The van der Waals surface area contributed by atoms with E-state index >= 15 is 0 Å². The number of nitrogens with one attached hydrogen (secondary N) is 1. The SMILES string of the molecule is CCOC1=CC2=C(CC1)P(=O)(OCC)N=C(C1=C(O)C(C(C)(C)C)N(CCC(C)(C)C)C1=O)N2. The van der Waals surface area contributed by atoms with Gasteiger partial charge in [-0.25, -0.2) is 0 Å². The van der Waals surface area contributed by atoms with Crippen LogP contribution in [-0.2, 0) is 18.6 Å². The van der Waals surface area contributed by atoms with Crippen LogP contribution < -0.4 is 5.32 Å². The monoisotopic (exact) mass is 493 g/mol. The second kappa shape index (κ2) is 9.54. The van der Waals surface area contributed by atoms with Gasteiger partial charge in [-0.3, -0.25) is 9.36 Å². The van der Waals surface area contributed by atoms with Crippen molar-refractivity contribution < 1.29 is 23.7 Å². The molecule has 0 saturated heterocycles. The average Bonchev–Trinajstić information content (AvgIpc) is 2.95. The maximum atomic E-state index is 13.9. The highest BCUT2D eigenvalue weighted by atomic mass is 31.2. The van der Waals surface area contributed by atoms with Crippen molar-refractivity contribution in [1.82, 2.24) is 10.2 Å². The van der Waals surface area contributed by atoms with Crippen molar-refractivity contribution in [3.8, 4) is 0 Å². The number of carbonyl (C=O) groups is 1. The van der Waals surface area contributed by atoms with Crippen molar-refractivity contribution in [2.24, 2.45) is 15.6 Å². The molecule has 2 heterocycles. The summed E-state index contributed by atoms with van der Waals surface area (Å²) in [6.45, 7) is 17.3. The van der Waals surface area contributed by atoms with Gasteiger partial charge in [0.1, 0.15) is 11.3 Å². The number of aliphatic hydroxyl groups excluding tert-OH is 1. The first kappa shape index (κ1) is 26.6. The molecule has 0 radical (unpaired) electrons. The summed E-state index contributed by atoms with van der Waals surface area (Å²) >= 11 is 0. The summed E-state index contributed by atoms with van der Waals surface area (Å²) in [6.07, 6.45) is 3.68.